The first-order valence-corrected chi connectivity index (χ1v) is 8.08. The van der Waals surface area contributed by atoms with Gasteiger partial charge in [-0.3, -0.25) is 9.59 Å². The summed E-state index contributed by atoms with van der Waals surface area (Å²) in [6.07, 6.45) is 3.09. The lowest BCUT2D eigenvalue weighted by atomic mass is 10.1. The minimum atomic E-state index is -0.426. The van der Waals surface area contributed by atoms with Crippen LogP contribution in [0.5, 0.6) is 0 Å². The molecule has 4 nitrogen and oxygen atoms in total. The Hall–Kier alpha value is -1.91. The van der Waals surface area contributed by atoms with E-state index in [1.807, 2.05) is 0 Å². The minimum Gasteiger partial charge on any atom is -0.469 e. The average molecular weight is 323 g/mol. The molecule has 0 aromatic heterocycles. The van der Waals surface area contributed by atoms with Crippen molar-refractivity contribution >= 4 is 11.9 Å². The Balaban J connectivity index is 2.75. The highest BCUT2D eigenvalue weighted by atomic mass is 19.1. The molecule has 0 bridgehead atoms. The molecule has 5 heteroatoms. The first-order valence-electron chi connectivity index (χ1n) is 8.08. The van der Waals surface area contributed by atoms with Crippen LogP contribution in [-0.2, 0) is 20.9 Å². The molecule has 0 fully saturated rings. The lowest BCUT2D eigenvalue weighted by molar-refractivity contribution is -0.146. The third kappa shape index (κ3) is 6.80. The van der Waals surface area contributed by atoms with Gasteiger partial charge in [0.25, 0.3) is 0 Å². The maximum absolute atomic E-state index is 13.0. The van der Waals surface area contributed by atoms with E-state index in [0.29, 0.717) is 13.1 Å². The topological polar surface area (TPSA) is 46.6 Å². The number of rotatable bonds is 9. The molecule has 0 heterocycles. The van der Waals surface area contributed by atoms with Crippen molar-refractivity contribution in [3.05, 3.63) is 35.6 Å². The lowest BCUT2D eigenvalue weighted by Gasteiger charge is -2.26. The van der Waals surface area contributed by atoms with E-state index in [4.69, 9.17) is 0 Å². The van der Waals surface area contributed by atoms with Crippen LogP contribution in [0.2, 0.25) is 0 Å². The molecule has 1 aromatic rings. The predicted octanol–water partition coefficient (Wildman–Crippen LogP) is 3.54. The van der Waals surface area contributed by atoms with E-state index in [1.54, 1.807) is 24.0 Å². The van der Waals surface area contributed by atoms with Gasteiger partial charge in [-0.05, 0) is 24.1 Å². The number of amides is 1. The summed E-state index contributed by atoms with van der Waals surface area (Å²) >= 11 is 0. The van der Waals surface area contributed by atoms with E-state index in [2.05, 4.69) is 11.7 Å². The van der Waals surface area contributed by atoms with Crippen molar-refractivity contribution in [3.8, 4) is 0 Å². The first-order chi connectivity index (χ1) is 11.0. The molecular formula is C18H26FNO3. The summed E-state index contributed by atoms with van der Waals surface area (Å²) in [5, 5.41) is 0. The molecule has 1 atom stereocenters. The molecule has 0 N–H and O–H groups in total. The Bertz CT molecular complexity index is 501. The summed E-state index contributed by atoms with van der Waals surface area (Å²) < 4.78 is 17.6. The molecule has 0 spiro atoms. The van der Waals surface area contributed by atoms with E-state index in [-0.39, 0.29) is 24.1 Å². The number of methoxy groups -OCH3 is 1. The van der Waals surface area contributed by atoms with Crippen molar-refractivity contribution in [1.82, 2.24) is 4.90 Å². The predicted molar refractivity (Wildman–Crippen MR) is 87.1 cm³/mol. The lowest BCUT2D eigenvalue weighted by Crippen LogP contribution is -2.36. The fraction of sp³-hybridized carbons (Fsp3) is 0.556. The summed E-state index contributed by atoms with van der Waals surface area (Å²) in [5.74, 6) is -1.18. The van der Waals surface area contributed by atoms with E-state index in [1.165, 1.54) is 19.2 Å². The van der Waals surface area contributed by atoms with Crippen LogP contribution in [0.15, 0.2) is 24.3 Å². The summed E-state index contributed by atoms with van der Waals surface area (Å²) in [6.45, 7) is 4.90. The second kappa shape index (κ2) is 9.98. The molecule has 0 radical (unpaired) electrons. The van der Waals surface area contributed by atoms with Gasteiger partial charge < -0.3 is 9.64 Å². The molecule has 1 amide bonds. The summed E-state index contributed by atoms with van der Waals surface area (Å²) in [4.78, 5) is 25.7. The van der Waals surface area contributed by atoms with E-state index in [9.17, 15) is 14.0 Å². The highest BCUT2D eigenvalue weighted by Crippen LogP contribution is 2.14. The van der Waals surface area contributed by atoms with Gasteiger partial charge in [0, 0.05) is 19.0 Å². The van der Waals surface area contributed by atoms with Gasteiger partial charge in [-0.2, -0.15) is 0 Å². The molecular weight excluding hydrogens is 297 g/mol. The Labute approximate surface area is 137 Å². The van der Waals surface area contributed by atoms with Crippen LogP contribution in [0.4, 0.5) is 4.39 Å². The standard InChI is InChI=1S/C18H26FNO3/c1-4-5-6-11-20(13-15-7-9-16(19)10-8-15)18(22)14(2)12-17(21)23-3/h7-10,14H,4-6,11-13H2,1-3H3/t14-/m1/s1. The molecule has 1 rings (SSSR count). The molecule has 1 aromatic carbocycles. The maximum Gasteiger partial charge on any atom is 0.306 e. The number of carbonyl (C=O) groups excluding carboxylic acids is 2. The number of hydrogen-bond donors (Lipinski definition) is 0. The SMILES string of the molecule is CCCCCN(Cc1ccc(F)cc1)C(=O)[C@H](C)CC(=O)OC. The number of ether oxygens (including phenoxy) is 1. The van der Waals surface area contributed by atoms with E-state index < -0.39 is 5.92 Å². The Morgan fingerprint density at radius 3 is 2.43 bits per heavy atom. The Kier molecular flexibility index (Phi) is 8.30. The first kappa shape index (κ1) is 19.1. The monoisotopic (exact) mass is 323 g/mol. The molecule has 0 aliphatic heterocycles. The smallest absolute Gasteiger partial charge is 0.306 e. The fourth-order valence-electron chi connectivity index (χ4n) is 2.36. The van der Waals surface area contributed by atoms with Gasteiger partial charge >= 0.3 is 5.97 Å². The van der Waals surface area contributed by atoms with Crippen LogP contribution in [0.25, 0.3) is 0 Å². The van der Waals surface area contributed by atoms with Gasteiger partial charge in [-0.25, -0.2) is 4.39 Å². The molecule has 0 aliphatic carbocycles. The van der Waals surface area contributed by atoms with Crippen molar-refractivity contribution < 1.29 is 18.7 Å². The van der Waals surface area contributed by atoms with Crippen LogP contribution in [0.1, 0.15) is 45.1 Å². The third-order valence-electron chi connectivity index (χ3n) is 3.75. The van der Waals surface area contributed by atoms with Crippen LogP contribution in [0.3, 0.4) is 0 Å². The second-order valence-corrected chi connectivity index (χ2v) is 5.77. The third-order valence-corrected chi connectivity index (χ3v) is 3.75. The van der Waals surface area contributed by atoms with Crippen molar-refractivity contribution in [2.75, 3.05) is 13.7 Å². The van der Waals surface area contributed by atoms with Crippen molar-refractivity contribution in [2.45, 2.75) is 46.1 Å². The van der Waals surface area contributed by atoms with Gasteiger partial charge in [0.15, 0.2) is 0 Å². The van der Waals surface area contributed by atoms with Crippen molar-refractivity contribution in [3.63, 3.8) is 0 Å². The fourth-order valence-corrected chi connectivity index (χ4v) is 2.36. The zero-order valence-corrected chi connectivity index (χ0v) is 14.2. The van der Waals surface area contributed by atoms with Gasteiger partial charge in [0.2, 0.25) is 5.91 Å². The van der Waals surface area contributed by atoms with Crippen molar-refractivity contribution in [1.29, 1.82) is 0 Å². The quantitative estimate of drug-likeness (QED) is 0.516. The number of hydrogen-bond acceptors (Lipinski definition) is 3. The number of carbonyl (C=O) groups is 2. The van der Waals surface area contributed by atoms with Crippen LogP contribution in [-0.4, -0.2) is 30.4 Å². The number of halogens is 1. The normalized spacial score (nSPS) is 11.8. The van der Waals surface area contributed by atoms with Gasteiger partial charge in [0.05, 0.1) is 13.5 Å². The van der Waals surface area contributed by atoms with E-state index >= 15 is 0 Å². The van der Waals surface area contributed by atoms with Gasteiger partial charge in [-0.1, -0.05) is 38.8 Å². The zero-order valence-electron chi connectivity index (χ0n) is 14.2. The second-order valence-electron chi connectivity index (χ2n) is 5.77. The largest absolute Gasteiger partial charge is 0.469 e. The summed E-state index contributed by atoms with van der Waals surface area (Å²) in [6, 6.07) is 6.14. The van der Waals surface area contributed by atoms with Gasteiger partial charge in [0.1, 0.15) is 5.82 Å². The highest BCUT2D eigenvalue weighted by molar-refractivity contribution is 5.83. The molecule has 0 saturated heterocycles. The molecule has 23 heavy (non-hydrogen) atoms. The maximum atomic E-state index is 13.0. The molecule has 0 unspecified atom stereocenters. The van der Waals surface area contributed by atoms with E-state index in [0.717, 1.165) is 24.8 Å². The van der Waals surface area contributed by atoms with Crippen molar-refractivity contribution in [2.24, 2.45) is 5.92 Å². The number of unbranched alkanes of at least 4 members (excludes halogenated alkanes) is 2. The number of nitrogens with zero attached hydrogens (tertiary/aromatic N) is 1. The minimum absolute atomic E-state index is 0.0724. The molecule has 128 valence electrons. The molecule has 0 saturated carbocycles. The number of benzene rings is 1. The molecule has 0 aliphatic rings. The highest BCUT2D eigenvalue weighted by Gasteiger charge is 2.23. The Morgan fingerprint density at radius 2 is 1.87 bits per heavy atom. The van der Waals surface area contributed by atoms with Gasteiger partial charge in [-0.15, -0.1) is 0 Å². The zero-order chi connectivity index (χ0) is 17.2. The average Bonchev–Trinajstić information content (AvgIpc) is 2.55. The van der Waals surface area contributed by atoms with Crippen LogP contribution in [0, 0.1) is 11.7 Å². The summed E-state index contributed by atoms with van der Waals surface area (Å²) in [5.41, 5.74) is 0.876. The summed E-state index contributed by atoms with van der Waals surface area (Å²) in [7, 11) is 1.32. The number of esters is 1. The van der Waals surface area contributed by atoms with Crippen LogP contribution < -0.4 is 0 Å². The van der Waals surface area contributed by atoms with Crippen LogP contribution >= 0.6 is 0 Å². The Morgan fingerprint density at radius 1 is 1.22 bits per heavy atom.